The van der Waals surface area contributed by atoms with Crippen molar-refractivity contribution in [3.63, 3.8) is 0 Å². The van der Waals surface area contributed by atoms with Crippen LogP contribution in [0.15, 0.2) is 40.5 Å². The average molecular weight is 290 g/mol. The summed E-state index contributed by atoms with van der Waals surface area (Å²) < 4.78 is 10.2. The van der Waals surface area contributed by atoms with Crippen molar-refractivity contribution in [2.45, 2.75) is 19.9 Å². The van der Waals surface area contributed by atoms with Gasteiger partial charge in [-0.25, -0.2) is 9.79 Å². The summed E-state index contributed by atoms with van der Waals surface area (Å²) >= 11 is 0. The molecule has 0 saturated carbocycles. The van der Waals surface area contributed by atoms with E-state index in [1.807, 2.05) is 0 Å². The van der Waals surface area contributed by atoms with Gasteiger partial charge in [0, 0.05) is 5.70 Å². The van der Waals surface area contributed by atoms with Crippen molar-refractivity contribution >= 4 is 12.0 Å². The fourth-order valence-corrected chi connectivity index (χ4v) is 2.12. The second kappa shape index (κ2) is 6.30. The third kappa shape index (κ3) is 3.16. The van der Waals surface area contributed by atoms with E-state index in [9.17, 15) is 9.90 Å². The molecule has 1 atom stereocenters. The van der Waals surface area contributed by atoms with Crippen molar-refractivity contribution in [1.29, 1.82) is 0 Å². The molecule has 6 heteroatoms. The smallest absolute Gasteiger partial charge is 0.338 e. The lowest BCUT2D eigenvalue weighted by Gasteiger charge is -2.25. The minimum absolute atomic E-state index is 0.155. The Labute approximate surface area is 123 Å². The average Bonchev–Trinajstić information content (AvgIpc) is 2.47. The number of allylic oxidation sites excluding steroid dienone is 1. The summed E-state index contributed by atoms with van der Waals surface area (Å²) in [6.07, 6.45) is 0. The van der Waals surface area contributed by atoms with Crippen LogP contribution in [0.2, 0.25) is 0 Å². The normalized spacial score (nSPS) is 17.9. The Kier molecular flexibility index (Phi) is 4.47. The van der Waals surface area contributed by atoms with E-state index in [1.54, 1.807) is 38.1 Å². The van der Waals surface area contributed by atoms with Gasteiger partial charge in [0.1, 0.15) is 11.8 Å². The van der Waals surface area contributed by atoms with Gasteiger partial charge in [-0.1, -0.05) is 12.1 Å². The SMILES string of the molecule is CCOC(=O)C1=C(C)NC(OC)=NC1c1ccc(O)cc1. The number of phenolic OH excluding ortho intramolecular Hbond substituents is 1. The number of nitrogens with zero attached hydrogens (tertiary/aromatic N) is 1. The summed E-state index contributed by atoms with van der Waals surface area (Å²) in [5, 5.41) is 12.3. The summed E-state index contributed by atoms with van der Waals surface area (Å²) in [6, 6.07) is 6.34. The van der Waals surface area contributed by atoms with Gasteiger partial charge < -0.3 is 19.9 Å². The first kappa shape index (κ1) is 14.9. The molecule has 0 bridgehead atoms. The highest BCUT2D eigenvalue weighted by Gasteiger charge is 2.30. The molecular weight excluding hydrogens is 272 g/mol. The minimum atomic E-state index is -0.527. The Hall–Kier alpha value is -2.50. The topological polar surface area (TPSA) is 80.2 Å². The van der Waals surface area contributed by atoms with Gasteiger partial charge in [-0.15, -0.1) is 0 Å². The molecule has 1 heterocycles. The highest BCUT2D eigenvalue weighted by atomic mass is 16.5. The van der Waals surface area contributed by atoms with E-state index in [1.165, 1.54) is 7.11 Å². The highest BCUT2D eigenvalue weighted by molar-refractivity contribution is 5.94. The van der Waals surface area contributed by atoms with Crippen LogP contribution < -0.4 is 5.32 Å². The summed E-state index contributed by atoms with van der Waals surface area (Å²) in [7, 11) is 1.50. The van der Waals surface area contributed by atoms with E-state index in [4.69, 9.17) is 9.47 Å². The van der Waals surface area contributed by atoms with Crippen molar-refractivity contribution in [3.05, 3.63) is 41.1 Å². The molecule has 0 aromatic heterocycles. The van der Waals surface area contributed by atoms with E-state index in [-0.39, 0.29) is 5.75 Å². The third-order valence-electron chi connectivity index (χ3n) is 3.12. The molecule has 21 heavy (non-hydrogen) atoms. The standard InChI is InChI=1S/C15H18N2O4/c1-4-21-14(19)12-9(2)16-15(20-3)17-13(12)10-5-7-11(18)8-6-10/h5-8,13,18H,4H2,1-3H3,(H,16,17). The van der Waals surface area contributed by atoms with Crippen LogP contribution in [0, 0.1) is 0 Å². The van der Waals surface area contributed by atoms with Gasteiger partial charge in [-0.3, -0.25) is 0 Å². The second-order valence-electron chi connectivity index (χ2n) is 4.52. The number of esters is 1. The van der Waals surface area contributed by atoms with Gasteiger partial charge >= 0.3 is 5.97 Å². The van der Waals surface area contributed by atoms with Crippen molar-refractivity contribution < 1.29 is 19.4 Å². The molecule has 1 aromatic carbocycles. The van der Waals surface area contributed by atoms with Gasteiger partial charge in [-0.2, -0.15) is 0 Å². The fourth-order valence-electron chi connectivity index (χ4n) is 2.12. The molecular formula is C15H18N2O4. The Morgan fingerprint density at radius 2 is 2.05 bits per heavy atom. The molecule has 2 N–H and O–H groups in total. The summed E-state index contributed by atoms with van der Waals surface area (Å²) in [4.78, 5) is 16.6. The van der Waals surface area contributed by atoms with Gasteiger partial charge in [0.15, 0.2) is 0 Å². The molecule has 0 amide bonds. The number of aliphatic imine (C=N–C) groups is 1. The Bertz CT molecular complexity index is 590. The number of phenols is 1. The summed E-state index contributed by atoms with van der Waals surface area (Å²) in [5.41, 5.74) is 1.84. The number of amidine groups is 1. The van der Waals surface area contributed by atoms with E-state index in [2.05, 4.69) is 10.3 Å². The number of carbonyl (C=O) groups excluding carboxylic acids is 1. The Balaban J connectivity index is 2.44. The number of rotatable bonds is 3. The van der Waals surface area contributed by atoms with Gasteiger partial charge in [0.25, 0.3) is 6.02 Å². The molecule has 1 aromatic rings. The van der Waals surface area contributed by atoms with Crippen LogP contribution >= 0.6 is 0 Å². The summed E-state index contributed by atoms with van der Waals surface area (Å²) in [5.74, 6) is -0.263. The number of benzene rings is 1. The lowest BCUT2D eigenvalue weighted by molar-refractivity contribution is -0.138. The van der Waals surface area contributed by atoms with Gasteiger partial charge in [-0.05, 0) is 31.5 Å². The molecule has 1 aliphatic rings. The predicted molar refractivity (Wildman–Crippen MR) is 77.8 cm³/mol. The summed E-state index contributed by atoms with van der Waals surface area (Å²) in [6.45, 7) is 3.82. The van der Waals surface area contributed by atoms with Gasteiger partial charge in [0.05, 0.1) is 19.3 Å². The maximum Gasteiger partial charge on any atom is 0.338 e. The first-order valence-corrected chi connectivity index (χ1v) is 6.62. The van der Waals surface area contributed by atoms with Crippen LogP contribution in [0.3, 0.4) is 0 Å². The lowest BCUT2D eigenvalue weighted by atomic mass is 9.96. The molecule has 0 saturated heterocycles. The molecule has 112 valence electrons. The maximum atomic E-state index is 12.2. The van der Waals surface area contributed by atoms with Crippen molar-refractivity contribution in [1.82, 2.24) is 5.32 Å². The predicted octanol–water partition coefficient (Wildman–Crippen LogP) is 1.88. The third-order valence-corrected chi connectivity index (χ3v) is 3.12. The molecule has 0 radical (unpaired) electrons. The fraction of sp³-hybridized carbons (Fsp3) is 0.333. The quantitative estimate of drug-likeness (QED) is 0.831. The van der Waals surface area contributed by atoms with Crippen LogP contribution in [0.25, 0.3) is 0 Å². The lowest BCUT2D eigenvalue weighted by Crippen LogP contribution is -2.33. The second-order valence-corrected chi connectivity index (χ2v) is 4.52. The van der Waals surface area contributed by atoms with E-state index < -0.39 is 12.0 Å². The number of nitrogens with one attached hydrogen (secondary N) is 1. The molecule has 0 aliphatic carbocycles. The number of carbonyl (C=O) groups is 1. The molecule has 1 unspecified atom stereocenters. The number of hydrogen-bond acceptors (Lipinski definition) is 6. The zero-order chi connectivity index (χ0) is 15.4. The highest BCUT2D eigenvalue weighted by Crippen LogP contribution is 2.32. The number of methoxy groups -OCH3 is 1. The number of ether oxygens (including phenoxy) is 2. The number of hydrogen-bond donors (Lipinski definition) is 2. The molecule has 2 rings (SSSR count). The van der Waals surface area contributed by atoms with E-state index >= 15 is 0 Å². The van der Waals surface area contributed by atoms with Crippen LogP contribution in [0.1, 0.15) is 25.5 Å². The zero-order valence-electron chi connectivity index (χ0n) is 12.2. The van der Waals surface area contributed by atoms with Crippen LogP contribution in [-0.2, 0) is 14.3 Å². The molecule has 0 fully saturated rings. The zero-order valence-corrected chi connectivity index (χ0v) is 12.2. The molecule has 1 aliphatic heterocycles. The van der Waals surface area contributed by atoms with Crippen LogP contribution in [-0.4, -0.2) is 30.8 Å². The number of aromatic hydroxyl groups is 1. The van der Waals surface area contributed by atoms with Crippen molar-refractivity contribution in [3.8, 4) is 5.75 Å². The molecule has 6 nitrogen and oxygen atoms in total. The van der Waals surface area contributed by atoms with Crippen molar-refractivity contribution in [2.75, 3.05) is 13.7 Å². The van der Waals surface area contributed by atoms with Crippen LogP contribution in [0.4, 0.5) is 0 Å². The van der Waals surface area contributed by atoms with Gasteiger partial charge in [0.2, 0.25) is 0 Å². The molecule has 0 spiro atoms. The van der Waals surface area contributed by atoms with Crippen LogP contribution in [0.5, 0.6) is 5.75 Å². The first-order chi connectivity index (χ1) is 10.1. The Morgan fingerprint density at radius 3 is 2.62 bits per heavy atom. The maximum absolute atomic E-state index is 12.2. The monoisotopic (exact) mass is 290 g/mol. The minimum Gasteiger partial charge on any atom is -0.508 e. The van der Waals surface area contributed by atoms with E-state index in [0.29, 0.717) is 23.9 Å². The van der Waals surface area contributed by atoms with E-state index in [0.717, 1.165) is 5.56 Å². The van der Waals surface area contributed by atoms with Crippen molar-refractivity contribution in [2.24, 2.45) is 4.99 Å². The largest absolute Gasteiger partial charge is 0.508 e. The first-order valence-electron chi connectivity index (χ1n) is 6.62. The Morgan fingerprint density at radius 1 is 1.38 bits per heavy atom.